The number of thioether (sulfide) groups is 1. The van der Waals surface area contributed by atoms with Gasteiger partial charge in [0.15, 0.2) is 11.0 Å². The van der Waals surface area contributed by atoms with Crippen LogP contribution in [0.1, 0.15) is 30.8 Å². The number of aromatic nitrogens is 3. The molecule has 0 aliphatic heterocycles. The van der Waals surface area contributed by atoms with Gasteiger partial charge in [-0.15, -0.1) is 10.2 Å². The molecule has 1 amide bonds. The van der Waals surface area contributed by atoms with Crippen LogP contribution in [-0.4, -0.2) is 38.7 Å². The number of ether oxygens (including phenoxy) is 1. The van der Waals surface area contributed by atoms with E-state index >= 15 is 0 Å². The smallest absolute Gasteiger partial charge is 0.253 e. The molecule has 1 heterocycles. The lowest BCUT2D eigenvalue weighted by molar-refractivity contribution is -0.120. The largest absolute Gasteiger partial charge is 0.494 e. The molecule has 37 heavy (non-hydrogen) atoms. The van der Waals surface area contributed by atoms with Crippen molar-refractivity contribution in [3.05, 3.63) is 95.8 Å². The summed E-state index contributed by atoms with van der Waals surface area (Å²) in [5, 5.41) is 16.5. The van der Waals surface area contributed by atoms with Crippen molar-refractivity contribution in [1.82, 2.24) is 20.2 Å². The van der Waals surface area contributed by atoms with Gasteiger partial charge in [-0.3, -0.25) is 9.36 Å². The number of rotatable bonds is 11. The molecular formula is C28H30N6O2S. The summed E-state index contributed by atoms with van der Waals surface area (Å²) in [7, 11) is 0. The van der Waals surface area contributed by atoms with Gasteiger partial charge in [-0.25, -0.2) is 5.43 Å². The number of nitrogens with one attached hydrogen (secondary N) is 2. The summed E-state index contributed by atoms with van der Waals surface area (Å²) in [5.41, 5.74) is 6.61. The van der Waals surface area contributed by atoms with Crippen molar-refractivity contribution < 1.29 is 9.53 Å². The van der Waals surface area contributed by atoms with Gasteiger partial charge in [-0.1, -0.05) is 47.7 Å². The van der Waals surface area contributed by atoms with Crippen molar-refractivity contribution in [3.8, 4) is 11.4 Å². The Bertz CT molecular complexity index is 1320. The van der Waals surface area contributed by atoms with Crippen molar-refractivity contribution in [2.45, 2.75) is 37.7 Å². The molecule has 1 aromatic heterocycles. The Kier molecular flexibility index (Phi) is 8.93. The predicted molar refractivity (Wildman–Crippen MR) is 149 cm³/mol. The molecule has 190 valence electrons. The molecule has 0 saturated carbocycles. The predicted octanol–water partition coefficient (Wildman–Crippen LogP) is 5.22. The second-order valence-corrected chi connectivity index (χ2v) is 9.59. The lowest BCUT2D eigenvalue weighted by atomic mass is 10.2. The van der Waals surface area contributed by atoms with E-state index in [9.17, 15) is 4.79 Å². The Hall–Kier alpha value is -4.11. The maximum absolute atomic E-state index is 12.7. The Morgan fingerprint density at radius 3 is 2.49 bits per heavy atom. The summed E-state index contributed by atoms with van der Waals surface area (Å²) in [6.07, 6.45) is 1.60. The van der Waals surface area contributed by atoms with Crippen LogP contribution in [-0.2, 0) is 11.3 Å². The molecule has 1 unspecified atom stereocenters. The van der Waals surface area contributed by atoms with E-state index in [-0.39, 0.29) is 5.91 Å². The van der Waals surface area contributed by atoms with Crippen LogP contribution in [0.25, 0.3) is 5.69 Å². The average Bonchev–Trinajstić information content (AvgIpc) is 3.32. The van der Waals surface area contributed by atoms with E-state index in [0.717, 1.165) is 28.5 Å². The monoisotopic (exact) mass is 514 g/mol. The molecule has 0 radical (unpaired) electrons. The number of carbonyl (C=O) groups excluding carboxylic acids is 1. The molecule has 1 atom stereocenters. The molecule has 0 fully saturated rings. The number of anilines is 1. The van der Waals surface area contributed by atoms with Crippen LogP contribution >= 0.6 is 11.8 Å². The van der Waals surface area contributed by atoms with Gasteiger partial charge in [-0.2, -0.15) is 5.10 Å². The van der Waals surface area contributed by atoms with Crippen LogP contribution in [0.3, 0.4) is 0 Å². The van der Waals surface area contributed by atoms with E-state index in [0.29, 0.717) is 18.3 Å². The Morgan fingerprint density at radius 1 is 1.05 bits per heavy atom. The minimum Gasteiger partial charge on any atom is -0.494 e. The molecular weight excluding hydrogens is 484 g/mol. The van der Waals surface area contributed by atoms with Crippen molar-refractivity contribution in [1.29, 1.82) is 0 Å². The normalized spacial score (nSPS) is 11.9. The molecule has 2 N–H and O–H groups in total. The summed E-state index contributed by atoms with van der Waals surface area (Å²) in [6.45, 7) is 6.92. The van der Waals surface area contributed by atoms with Crippen LogP contribution in [0.5, 0.6) is 5.75 Å². The molecule has 8 nitrogen and oxygen atoms in total. The second kappa shape index (κ2) is 12.7. The van der Waals surface area contributed by atoms with Gasteiger partial charge in [0.1, 0.15) is 5.75 Å². The maximum atomic E-state index is 12.7. The zero-order valence-electron chi connectivity index (χ0n) is 21.1. The van der Waals surface area contributed by atoms with Gasteiger partial charge >= 0.3 is 0 Å². The highest BCUT2D eigenvalue weighted by Crippen LogP contribution is 2.26. The number of hydrogen-bond acceptors (Lipinski definition) is 7. The first-order chi connectivity index (χ1) is 18.0. The number of amides is 1. The molecule has 3 aromatic carbocycles. The fourth-order valence-electron chi connectivity index (χ4n) is 3.47. The second-order valence-electron chi connectivity index (χ2n) is 8.29. The molecule has 4 rings (SSSR count). The van der Waals surface area contributed by atoms with Crippen molar-refractivity contribution >= 4 is 29.6 Å². The summed E-state index contributed by atoms with van der Waals surface area (Å²) in [4.78, 5) is 12.7. The molecule has 0 spiro atoms. The van der Waals surface area contributed by atoms with Crippen molar-refractivity contribution in [2.75, 3.05) is 11.9 Å². The SMILES string of the molecule is CCOc1ccc(C=NNC(=O)C(C)Sc2nnc(CNc3ccc(C)cc3)n2-c2ccccc2)cc1. The van der Waals surface area contributed by atoms with E-state index in [1.807, 2.05) is 85.1 Å². The van der Waals surface area contributed by atoms with E-state index in [1.54, 1.807) is 6.21 Å². The van der Waals surface area contributed by atoms with Gasteiger partial charge in [-0.05, 0) is 74.9 Å². The third-order valence-corrected chi connectivity index (χ3v) is 6.49. The van der Waals surface area contributed by atoms with E-state index in [1.165, 1.54) is 17.3 Å². The summed E-state index contributed by atoms with van der Waals surface area (Å²) in [5.74, 6) is 1.31. The molecule has 0 bridgehead atoms. The zero-order valence-corrected chi connectivity index (χ0v) is 21.9. The Balaban J connectivity index is 1.43. The number of hydrogen-bond donors (Lipinski definition) is 2. The Morgan fingerprint density at radius 2 is 1.78 bits per heavy atom. The number of nitrogens with zero attached hydrogens (tertiary/aromatic N) is 4. The first kappa shape index (κ1) is 26.0. The van der Waals surface area contributed by atoms with Gasteiger partial charge < -0.3 is 10.1 Å². The summed E-state index contributed by atoms with van der Waals surface area (Å²) >= 11 is 1.33. The van der Waals surface area contributed by atoms with Gasteiger partial charge in [0.2, 0.25) is 0 Å². The van der Waals surface area contributed by atoms with Gasteiger partial charge in [0, 0.05) is 11.4 Å². The minimum absolute atomic E-state index is 0.228. The number of para-hydroxylation sites is 1. The summed E-state index contributed by atoms with van der Waals surface area (Å²) < 4.78 is 7.41. The van der Waals surface area contributed by atoms with Gasteiger partial charge in [0.05, 0.1) is 24.6 Å². The van der Waals surface area contributed by atoms with Gasteiger partial charge in [0.25, 0.3) is 5.91 Å². The van der Waals surface area contributed by atoms with Crippen LogP contribution in [0, 0.1) is 6.92 Å². The molecule has 4 aromatic rings. The van der Waals surface area contributed by atoms with Crippen LogP contribution in [0.15, 0.2) is 89.1 Å². The summed E-state index contributed by atoms with van der Waals surface area (Å²) in [6, 6.07) is 25.6. The quantitative estimate of drug-likeness (QED) is 0.162. The van der Waals surface area contributed by atoms with E-state index in [4.69, 9.17) is 4.74 Å². The van der Waals surface area contributed by atoms with Crippen molar-refractivity contribution in [3.63, 3.8) is 0 Å². The highest BCUT2D eigenvalue weighted by atomic mass is 32.2. The fraction of sp³-hybridized carbons (Fsp3) is 0.214. The van der Waals surface area contributed by atoms with Crippen LogP contribution in [0.2, 0.25) is 0 Å². The van der Waals surface area contributed by atoms with E-state index in [2.05, 4.69) is 45.1 Å². The first-order valence-corrected chi connectivity index (χ1v) is 12.9. The Labute approximate surface area is 221 Å². The number of aryl methyl sites for hydroxylation is 1. The lowest BCUT2D eigenvalue weighted by Crippen LogP contribution is -2.27. The number of benzene rings is 3. The van der Waals surface area contributed by atoms with Crippen molar-refractivity contribution in [2.24, 2.45) is 5.10 Å². The maximum Gasteiger partial charge on any atom is 0.253 e. The molecule has 0 aliphatic rings. The van der Waals surface area contributed by atoms with E-state index < -0.39 is 5.25 Å². The third-order valence-electron chi connectivity index (χ3n) is 5.45. The highest BCUT2D eigenvalue weighted by molar-refractivity contribution is 8.00. The minimum atomic E-state index is -0.443. The third kappa shape index (κ3) is 7.20. The standard InChI is InChI=1S/C28H30N6O2S/c1-4-36-25-16-12-22(13-17-25)18-30-32-27(35)21(3)37-28-33-31-26(34(28)24-8-6-5-7-9-24)19-29-23-14-10-20(2)11-15-23/h5-18,21,29H,4,19H2,1-3H3,(H,32,35). The topological polar surface area (TPSA) is 93.4 Å². The first-order valence-electron chi connectivity index (χ1n) is 12.1. The molecule has 0 saturated heterocycles. The fourth-order valence-corrected chi connectivity index (χ4v) is 4.35. The van der Waals surface area contributed by atoms with Crippen LogP contribution < -0.4 is 15.5 Å². The number of carbonyl (C=O) groups is 1. The van der Waals surface area contributed by atoms with Crippen LogP contribution in [0.4, 0.5) is 5.69 Å². The number of hydrazone groups is 1. The molecule has 0 aliphatic carbocycles. The molecule has 9 heteroatoms. The zero-order chi connectivity index (χ0) is 26.0. The highest BCUT2D eigenvalue weighted by Gasteiger charge is 2.21. The average molecular weight is 515 g/mol. The lowest BCUT2D eigenvalue weighted by Gasteiger charge is -2.13.